The quantitative estimate of drug-likeness (QED) is 0.444. The van der Waals surface area contributed by atoms with Crippen LogP contribution in [0, 0.1) is 5.92 Å². The summed E-state index contributed by atoms with van der Waals surface area (Å²) in [5.74, 6) is 0.885. The standard InChI is InChI=1S/C18H30/c1-17(2)13-9-6-4-3-5-7-10-14-18-15-11-8-12-16-18/h8,11-12,15-17H,3-7,9-10,13-14H2,1-2H3. The van der Waals surface area contributed by atoms with E-state index in [1.54, 1.807) is 0 Å². The van der Waals surface area contributed by atoms with Crippen molar-refractivity contribution in [2.45, 2.75) is 71.6 Å². The van der Waals surface area contributed by atoms with Gasteiger partial charge in [-0.2, -0.15) is 0 Å². The van der Waals surface area contributed by atoms with Crippen LogP contribution in [0.2, 0.25) is 0 Å². The molecule has 1 aromatic carbocycles. The van der Waals surface area contributed by atoms with Crippen LogP contribution in [0.5, 0.6) is 0 Å². The first kappa shape index (κ1) is 15.3. The third-order valence-electron chi connectivity index (χ3n) is 3.59. The van der Waals surface area contributed by atoms with Crippen molar-refractivity contribution < 1.29 is 0 Å². The van der Waals surface area contributed by atoms with E-state index in [1.807, 2.05) is 0 Å². The molecule has 0 saturated carbocycles. The monoisotopic (exact) mass is 246 g/mol. The van der Waals surface area contributed by atoms with Crippen LogP contribution in [0.4, 0.5) is 0 Å². The van der Waals surface area contributed by atoms with Crippen LogP contribution >= 0.6 is 0 Å². The van der Waals surface area contributed by atoms with Crippen molar-refractivity contribution in [3.05, 3.63) is 35.9 Å². The summed E-state index contributed by atoms with van der Waals surface area (Å²) in [6.45, 7) is 4.65. The van der Waals surface area contributed by atoms with Gasteiger partial charge in [0.25, 0.3) is 0 Å². The highest BCUT2D eigenvalue weighted by Gasteiger charge is 1.95. The second-order valence-electron chi connectivity index (χ2n) is 5.89. The zero-order valence-corrected chi connectivity index (χ0v) is 12.3. The van der Waals surface area contributed by atoms with Crippen LogP contribution in [-0.2, 0) is 6.42 Å². The van der Waals surface area contributed by atoms with Crippen LogP contribution in [0.25, 0.3) is 0 Å². The molecule has 18 heavy (non-hydrogen) atoms. The summed E-state index contributed by atoms with van der Waals surface area (Å²) in [7, 11) is 0. The lowest BCUT2D eigenvalue weighted by Crippen LogP contribution is -1.88. The Balaban J connectivity index is 1.84. The van der Waals surface area contributed by atoms with Gasteiger partial charge in [-0.3, -0.25) is 0 Å². The number of rotatable bonds is 10. The van der Waals surface area contributed by atoms with Crippen molar-refractivity contribution in [3.8, 4) is 0 Å². The smallest absolute Gasteiger partial charge is 0.0279 e. The zero-order valence-electron chi connectivity index (χ0n) is 12.3. The summed E-state index contributed by atoms with van der Waals surface area (Å²) in [5, 5.41) is 0. The van der Waals surface area contributed by atoms with Gasteiger partial charge in [0, 0.05) is 0 Å². The lowest BCUT2D eigenvalue weighted by molar-refractivity contribution is 0.509. The molecule has 1 rings (SSSR count). The van der Waals surface area contributed by atoms with Crippen molar-refractivity contribution in [2.75, 3.05) is 0 Å². The van der Waals surface area contributed by atoms with Gasteiger partial charge in [-0.15, -0.1) is 0 Å². The Hall–Kier alpha value is -0.780. The van der Waals surface area contributed by atoms with Crippen LogP contribution in [0.1, 0.15) is 70.8 Å². The molecule has 0 saturated heterocycles. The van der Waals surface area contributed by atoms with Crippen molar-refractivity contribution in [1.29, 1.82) is 0 Å². The van der Waals surface area contributed by atoms with Gasteiger partial charge in [0.1, 0.15) is 0 Å². The van der Waals surface area contributed by atoms with Crippen molar-refractivity contribution in [2.24, 2.45) is 5.92 Å². The summed E-state index contributed by atoms with van der Waals surface area (Å²) >= 11 is 0. The van der Waals surface area contributed by atoms with E-state index < -0.39 is 0 Å². The van der Waals surface area contributed by atoms with E-state index in [9.17, 15) is 0 Å². The van der Waals surface area contributed by atoms with Gasteiger partial charge in [0.2, 0.25) is 0 Å². The van der Waals surface area contributed by atoms with Gasteiger partial charge in [-0.25, -0.2) is 0 Å². The first-order chi connectivity index (χ1) is 8.79. The van der Waals surface area contributed by atoms with Gasteiger partial charge in [0.05, 0.1) is 0 Å². The minimum atomic E-state index is 0.885. The second-order valence-corrected chi connectivity index (χ2v) is 5.89. The molecule has 0 aromatic heterocycles. The number of hydrogen-bond donors (Lipinski definition) is 0. The van der Waals surface area contributed by atoms with E-state index in [-0.39, 0.29) is 0 Å². The fourth-order valence-electron chi connectivity index (χ4n) is 2.41. The highest BCUT2D eigenvalue weighted by molar-refractivity contribution is 5.14. The van der Waals surface area contributed by atoms with Crippen LogP contribution in [0.3, 0.4) is 0 Å². The molecule has 0 spiro atoms. The normalized spacial score (nSPS) is 11.1. The fraction of sp³-hybridized carbons (Fsp3) is 0.667. The van der Waals surface area contributed by atoms with E-state index in [4.69, 9.17) is 0 Å². The Morgan fingerprint density at radius 2 is 1.28 bits per heavy atom. The maximum atomic E-state index is 2.32. The highest BCUT2D eigenvalue weighted by Crippen LogP contribution is 2.13. The Morgan fingerprint density at radius 3 is 1.89 bits per heavy atom. The number of aryl methyl sites for hydroxylation is 1. The number of benzene rings is 1. The van der Waals surface area contributed by atoms with E-state index in [0.717, 1.165) is 5.92 Å². The Morgan fingerprint density at radius 1 is 0.722 bits per heavy atom. The highest BCUT2D eigenvalue weighted by atomic mass is 14.0. The van der Waals surface area contributed by atoms with Crippen molar-refractivity contribution in [3.63, 3.8) is 0 Å². The number of unbranched alkanes of at least 4 members (excludes halogenated alkanes) is 6. The van der Waals surface area contributed by atoms with Crippen molar-refractivity contribution >= 4 is 0 Å². The summed E-state index contributed by atoms with van der Waals surface area (Å²) in [5.41, 5.74) is 1.49. The first-order valence-electron chi connectivity index (χ1n) is 7.83. The molecule has 102 valence electrons. The predicted molar refractivity (Wildman–Crippen MR) is 81.9 cm³/mol. The molecule has 0 aliphatic heterocycles. The molecule has 0 amide bonds. The summed E-state index contributed by atoms with van der Waals surface area (Å²) in [4.78, 5) is 0. The molecular formula is C18H30. The molecule has 0 radical (unpaired) electrons. The SMILES string of the molecule is CC(C)CCCCCCCCCc1ccccc1. The average Bonchev–Trinajstić information content (AvgIpc) is 2.37. The Kier molecular flexibility index (Phi) is 8.63. The molecule has 0 aliphatic carbocycles. The summed E-state index contributed by atoms with van der Waals surface area (Å²) in [6, 6.07) is 10.9. The van der Waals surface area contributed by atoms with E-state index in [0.29, 0.717) is 0 Å². The molecule has 0 atom stereocenters. The fourth-order valence-corrected chi connectivity index (χ4v) is 2.41. The maximum absolute atomic E-state index is 2.32. The number of hydrogen-bond acceptors (Lipinski definition) is 0. The lowest BCUT2D eigenvalue weighted by atomic mass is 10.0. The average molecular weight is 246 g/mol. The topological polar surface area (TPSA) is 0 Å². The first-order valence-corrected chi connectivity index (χ1v) is 7.83. The zero-order chi connectivity index (χ0) is 13.1. The molecular weight excluding hydrogens is 216 g/mol. The largest absolute Gasteiger partial charge is 0.0628 e. The molecule has 0 N–H and O–H groups in total. The molecule has 0 heteroatoms. The summed E-state index contributed by atoms with van der Waals surface area (Å²) in [6.07, 6.45) is 12.6. The minimum absolute atomic E-state index is 0.885. The van der Waals surface area contributed by atoms with Gasteiger partial charge in [-0.05, 0) is 24.3 Å². The molecule has 1 aromatic rings. The lowest BCUT2D eigenvalue weighted by Gasteiger charge is -2.04. The van der Waals surface area contributed by atoms with E-state index in [2.05, 4.69) is 44.2 Å². The third-order valence-corrected chi connectivity index (χ3v) is 3.59. The molecule has 0 bridgehead atoms. The van der Waals surface area contributed by atoms with Crippen molar-refractivity contribution in [1.82, 2.24) is 0 Å². The molecule has 0 heterocycles. The van der Waals surface area contributed by atoms with Crippen LogP contribution in [0.15, 0.2) is 30.3 Å². The van der Waals surface area contributed by atoms with Gasteiger partial charge in [0.15, 0.2) is 0 Å². The van der Waals surface area contributed by atoms with Gasteiger partial charge >= 0.3 is 0 Å². The molecule has 0 nitrogen and oxygen atoms in total. The molecule has 0 unspecified atom stereocenters. The third kappa shape index (κ3) is 8.33. The Labute approximate surface area is 114 Å². The van der Waals surface area contributed by atoms with E-state index in [1.165, 1.54) is 63.4 Å². The van der Waals surface area contributed by atoms with Crippen LogP contribution < -0.4 is 0 Å². The minimum Gasteiger partial charge on any atom is -0.0628 e. The second kappa shape index (κ2) is 10.2. The summed E-state index contributed by atoms with van der Waals surface area (Å²) < 4.78 is 0. The van der Waals surface area contributed by atoms with Crippen LogP contribution in [-0.4, -0.2) is 0 Å². The molecule has 0 fully saturated rings. The predicted octanol–water partition coefficient (Wildman–Crippen LogP) is 6.01. The molecule has 0 aliphatic rings. The van der Waals surface area contributed by atoms with Gasteiger partial charge in [-0.1, -0.05) is 89.1 Å². The van der Waals surface area contributed by atoms with Gasteiger partial charge < -0.3 is 0 Å². The maximum Gasteiger partial charge on any atom is -0.0279 e. The Bertz CT molecular complexity index is 273. The van der Waals surface area contributed by atoms with E-state index >= 15 is 0 Å².